The van der Waals surface area contributed by atoms with Gasteiger partial charge in [-0.05, 0) is 12.1 Å². The predicted molar refractivity (Wildman–Crippen MR) is 71.4 cm³/mol. The number of nitrogens with one attached hydrogen (secondary N) is 1. The summed E-state index contributed by atoms with van der Waals surface area (Å²) in [5, 5.41) is 3.49. The Morgan fingerprint density at radius 2 is 2.05 bits per heavy atom. The zero-order valence-corrected chi connectivity index (χ0v) is 11.0. The summed E-state index contributed by atoms with van der Waals surface area (Å²) >= 11 is 0. The zero-order valence-electron chi connectivity index (χ0n) is 11.0. The van der Waals surface area contributed by atoms with Crippen molar-refractivity contribution in [2.45, 2.75) is 13.5 Å². The van der Waals surface area contributed by atoms with Gasteiger partial charge in [0.15, 0.2) is 0 Å². The van der Waals surface area contributed by atoms with Crippen LogP contribution in [-0.4, -0.2) is 30.3 Å². The maximum atomic E-state index is 11.5. The third-order valence-electron chi connectivity index (χ3n) is 2.88. The molecular weight excluding hydrogens is 244 g/mol. The van der Waals surface area contributed by atoms with Crippen LogP contribution in [0.5, 0.6) is 0 Å². The SMILES string of the molecule is CNC(=O)CN(Cc1cc2ccccc2o1)C(C)=O. The topological polar surface area (TPSA) is 62.6 Å². The first-order valence-corrected chi connectivity index (χ1v) is 6.03. The summed E-state index contributed by atoms with van der Waals surface area (Å²) in [5.74, 6) is 0.302. The zero-order chi connectivity index (χ0) is 13.8. The third kappa shape index (κ3) is 3.13. The largest absolute Gasteiger partial charge is 0.459 e. The molecule has 0 aliphatic heterocycles. The van der Waals surface area contributed by atoms with E-state index in [1.165, 1.54) is 11.8 Å². The van der Waals surface area contributed by atoms with Crippen molar-refractivity contribution < 1.29 is 14.0 Å². The van der Waals surface area contributed by atoms with Crippen molar-refractivity contribution in [3.05, 3.63) is 36.1 Å². The molecule has 1 aromatic heterocycles. The molecule has 1 aromatic carbocycles. The monoisotopic (exact) mass is 260 g/mol. The van der Waals surface area contributed by atoms with Gasteiger partial charge in [-0.1, -0.05) is 18.2 Å². The Bertz CT molecular complexity index is 571. The van der Waals surface area contributed by atoms with Gasteiger partial charge in [-0.25, -0.2) is 0 Å². The molecule has 0 atom stereocenters. The Balaban J connectivity index is 2.16. The van der Waals surface area contributed by atoms with E-state index in [1.54, 1.807) is 7.05 Å². The number of rotatable bonds is 4. The van der Waals surface area contributed by atoms with E-state index in [0.29, 0.717) is 5.76 Å². The standard InChI is InChI=1S/C14H16N2O3/c1-10(17)16(9-14(18)15-2)8-12-7-11-5-3-4-6-13(11)19-12/h3-7H,8-9H2,1-2H3,(H,15,18). The van der Waals surface area contributed by atoms with Crippen LogP contribution in [0, 0.1) is 0 Å². The molecule has 0 saturated carbocycles. The van der Waals surface area contributed by atoms with Gasteiger partial charge in [0.1, 0.15) is 11.3 Å². The minimum absolute atomic E-state index is 0.0306. The lowest BCUT2D eigenvalue weighted by Gasteiger charge is -2.18. The number of hydrogen-bond donors (Lipinski definition) is 1. The van der Waals surface area contributed by atoms with Crippen LogP contribution < -0.4 is 5.32 Å². The lowest BCUT2D eigenvalue weighted by atomic mass is 10.2. The highest BCUT2D eigenvalue weighted by Gasteiger charge is 2.15. The highest BCUT2D eigenvalue weighted by molar-refractivity contribution is 5.83. The van der Waals surface area contributed by atoms with E-state index >= 15 is 0 Å². The summed E-state index contributed by atoms with van der Waals surface area (Å²) in [6.45, 7) is 1.76. The van der Waals surface area contributed by atoms with Crippen LogP contribution in [0.2, 0.25) is 0 Å². The first-order chi connectivity index (χ1) is 9.10. The molecule has 0 bridgehead atoms. The number of hydrogen-bond acceptors (Lipinski definition) is 3. The number of carbonyl (C=O) groups excluding carboxylic acids is 2. The molecule has 0 spiro atoms. The summed E-state index contributed by atoms with van der Waals surface area (Å²) in [5.41, 5.74) is 0.779. The molecule has 2 aromatic rings. The van der Waals surface area contributed by atoms with Crippen LogP contribution in [0.1, 0.15) is 12.7 Å². The number of benzene rings is 1. The molecule has 1 N–H and O–H groups in total. The Morgan fingerprint density at radius 1 is 1.32 bits per heavy atom. The van der Waals surface area contributed by atoms with Gasteiger partial charge in [-0.2, -0.15) is 0 Å². The second-order valence-electron chi connectivity index (χ2n) is 4.30. The maximum Gasteiger partial charge on any atom is 0.239 e. The minimum Gasteiger partial charge on any atom is -0.459 e. The number of fused-ring (bicyclic) bond motifs is 1. The first-order valence-electron chi connectivity index (χ1n) is 6.03. The van der Waals surface area contributed by atoms with Crippen LogP contribution in [-0.2, 0) is 16.1 Å². The molecule has 19 heavy (non-hydrogen) atoms. The molecular formula is C14H16N2O3. The van der Waals surface area contributed by atoms with Gasteiger partial charge < -0.3 is 14.6 Å². The third-order valence-corrected chi connectivity index (χ3v) is 2.88. The second kappa shape index (κ2) is 5.56. The van der Waals surface area contributed by atoms with E-state index in [4.69, 9.17) is 4.42 Å². The molecule has 0 aliphatic rings. The fraction of sp³-hybridized carbons (Fsp3) is 0.286. The number of carbonyl (C=O) groups is 2. The van der Waals surface area contributed by atoms with Gasteiger partial charge in [-0.3, -0.25) is 9.59 Å². The van der Waals surface area contributed by atoms with E-state index in [-0.39, 0.29) is 24.9 Å². The summed E-state index contributed by atoms with van der Waals surface area (Å²) in [7, 11) is 1.54. The van der Waals surface area contributed by atoms with Gasteiger partial charge in [0.2, 0.25) is 11.8 Å². The smallest absolute Gasteiger partial charge is 0.239 e. The molecule has 0 fully saturated rings. The molecule has 0 radical (unpaired) electrons. The van der Waals surface area contributed by atoms with Crippen molar-refractivity contribution in [1.82, 2.24) is 10.2 Å². The first kappa shape index (κ1) is 13.1. The van der Waals surface area contributed by atoms with Crippen molar-refractivity contribution in [3.8, 4) is 0 Å². The van der Waals surface area contributed by atoms with E-state index < -0.39 is 0 Å². The highest BCUT2D eigenvalue weighted by atomic mass is 16.3. The number of amides is 2. The Hall–Kier alpha value is -2.30. The molecule has 1 heterocycles. The Labute approximate surface area is 111 Å². The molecule has 0 unspecified atom stereocenters. The molecule has 0 aliphatic carbocycles. The van der Waals surface area contributed by atoms with E-state index in [0.717, 1.165) is 11.0 Å². The quantitative estimate of drug-likeness (QED) is 0.906. The minimum atomic E-state index is -0.202. The fourth-order valence-corrected chi connectivity index (χ4v) is 1.83. The number of para-hydroxylation sites is 1. The fourth-order valence-electron chi connectivity index (χ4n) is 1.83. The average molecular weight is 260 g/mol. The lowest BCUT2D eigenvalue weighted by Crippen LogP contribution is -2.37. The highest BCUT2D eigenvalue weighted by Crippen LogP contribution is 2.19. The number of furan rings is 1. The van der Waals surface area contributed by atoms with Gasteiger partial charge in [-0.15, -0.1) is 0 Å². The van der Waals surface area contributed by atoms with Crippen LogP contribution in [0.3, 0.4) is 0 Å². The van der Waals surface area contributed by atoms with Gasteiger partial charge >= 0.3 is 0 Å². The normalized spacial score (nSPS) is 10.4. The van der Waals surface area contributed by atoms with Crippen molar-refractivity contribution >= 4 is 22.8 Å². The lowest BCUT2D eigenvalue weighted by molar-refractivity contribution is -0.134. The van der Waals surface area contributed by atoms with E-state index in [1.807, 2.05) is 30.3 Å². The van der Waals surface area contributed by atoms with Crippen molar-refractivity contribution in [3.63, 3.8) is 0 Å². The maximum absolute atomic E-state index is 11.5. The van der Waals surface area contributed by atoms with Crippen molar-refractivity contribution in [1.29, 1.82) is 0 Å². The van der Waals surface area contributed by atoms with Crippen molar-refractivity contribution in [2.24, 2.45) is 0 Å². The molecule has 2 amide bonds. The second-order valence-corrected chi connectivity index (χ2v) is 4.30. The van der Waals surface area contributed by atoms with E-state index in [9.17, 15) is 9.59 Å². The average Bonchev–Trinajstić information content (AvgIpc) is 2.79. The Kier molecular flexibility index (Phi) is 3.85. The van der Waals surface area contributed by atoms with Gasteiger partial charge in [0, 0.05) is 19.4 Å². The molecule has 5 nitrogen and oxygen atoms in total. The molecule has 0 saturated heterocycles. The van der Waals surface area contributed by atoms with E-state index in [2.05, 4.69) is 5.32 Å². The van der Waals surface area contributed by atoms with Crippen molar-refractivity contribution in [2.75, 3.05) is 13.6 Å². The molecule has 100 valence electrons. The summed E-state index contributed by atoms with van der Waals surface area (Å²) in [4.78, 5) is 24.3. The van der Waals surface area contributed by atoms with Gasteiger partial charge in [0.25, 0.3) is 0 Å². The van der Waals surface area contributed by atoms with Crippen LogP contribution in [0.15, 0.2) is 34.7 Å². The predicted octanol–water partition coefficient (Wildman–Crippen LogP) is 1.53. The van der Waals surface area contributed by atoms with Crippen LogP contribution in [0.4, 0.5) is 0 Å². The Morgan fingerprint density at radius 3 is 2.68 bits per heavy atom. The summed E-state index contributed by atoms with van der Waals surface area (Å²) in [6.07, 6.45) is 0. The molecule has 2 rings (SSSR count). The van der Waals surface area contributed by atoms with Gasteiger partial charge in [0.05, 0.1) is 13.1 Å². The number of likely N-dealkylation sites (N-methyl/N-ethyl adjacent to an activating group) is 1. The summed E-state index contributed by atoms with van der Waals surface area (Å²) < 4.78 is 5.64. The number of nitrogens with zero attached hydrogens (tertiary/aromatic N) is 1. The van der Waals surface area contributed by atoms with Crippen LogP contribution >= 0.6 is 0 Å². The molecule has 5 heteroatoms. The summed E-state index contributed by atoms with van der Waals surface area (Å²) in [6, 6.07) is 9.52. The van der Waals surface area contributed by atoms with Crippen LogP contribution in [0.25, 0.3) is 11.0 Å².